The van der Waals surface area contributed by atoms with Gasteiger partial charge >= 0.3 is 5.68 Å². The third kappa shape index (κ3) is 2.97. The van der Waals surface area contributed by atoms with Gasteiger partial charge in [0.1, 0.15) is 0 Å². The topological polar surface area (TPSA) is 54.8 Å². The Morgan fingerprint density at radius 2 is 1.55 bits per heavy atom. The van der Waals surface area contributed by atoms with Crippen molar-refractivity contribution < 1.29 is 4.42 Å². The number of hydrogen-bond donors (Lipinski definition) is 1. The van der Waals surface area contributed by atoms with Crippen molar-refractivity contribution in [3.63, 3.8) is 0 Å². The lowest BCUT2D eigenvalue weighted by atomic mass is 10.2. The molecule has 1 heterocycles. The summed E-state index contributed by atoms with van der Waals surface area (Å²) in [5, 5.41) is 12.2. The molecular formula is C15H14ClN3O. The lowest BCUT2D eigenvalue weighted by molar-refractivity contribution is 0.465. The molecule has 3 rings (SSSR count). The number of nitrogens with one attached hydrogen (secondary N) is 1. The summed E-state index contributed by atoms with van der Waals surface area (Å²) in [5.74, 6) is 0.474. The number of hydrogen-bond acceptors (Lipinski definition) is 3. The van der Waals surface area contributed by atoms with Crippen LogP contribution in [0.25, 0.3) is 11.5 Å². The number of halogens is 1. The van der Waals surface area contributed by atoms with Gasteiger partial charge in [-0.2, -0.15) is 0 Å². The molecule has 0 unspecified atom stereocenters. The molecule has 0 bridgehead atoms. The number of rotatable bonds is 3. The van der Waals surface area contributed by atoms with Crippen molar-refractivity contribution in [1.29, 1.82) is 5.41 Å². The first-order chi connectivity index (χ1) is 9.33. The molecule has 0 saturated heterocycles. The third-order valence-electron chi connectivity index (χ3n) is 2.84. The molecule has 20 heavy (non-hydrogen) atoms. The van der Waals surface area contributed by atoms with Gasteiger partial charge in [0.25, 0.3) is 0 Å². The van der Waals surface area contributed by atoms with Crippen LogP contribution in [0.3, 0.4) is 0 Å². The number of nitrogens with zero attached hydrogens (tertiary/aromatic N) is 2. The minimum absolute atomic E-state index is 0. The molecule has 0 radical (unpaired) electrons. The van der Waals surface area contributed by atoms with Crippen LogP contribution in [-0.4, -0.2) is 9.78 Å². The van der Waals surface area contributed by atoms with Gasteiger partial charge in [-0.3, -0.25) is 0 Å². The molecule has 102 valence electrons. The minimum Gasteiger partial charge on any atom is -0.404 e. The zero-order valence-corrected chi connectivity index (χ0v) is 11.5. The van der Waals surface area contributed by atoms with E-state index >= 15 is 0 Å². The molecule has 1 aromatic heterocycles. The number of benzene rings is 2. The van der Waals surface area contributed by atoms with Crippen LogP contribution >= 0.6 is 12.4 Å². The van der Waals surface area contributed by atoms with Gasteiger partial charge in [-0.05, 0) is 17.7 Å². The van der Waals surface area contributed by atoms with Gasteiger partial charge in [-0.25, -0.2) is 10.1 Å². The summed E-state index contributed by atoms with van der Waals surface area (Å²) in [6.45, 7) is 0.538. The highest BCUT2D eigenvalue weighted by Crippen LogP contribution is 2.14. The predicted octanol–water partition coefficient (Wildman–Crippen LogP) is 3.09. The van der Waals surface area contributed by atoms with Gasteiger partial charge in [0, 0.05) is 5.56 Å². The van der Waals surface area contributed by atoms with Gasteiger partial charge in [-0.1, -0.05) is 48.5 Å². The maximum Gasteiger partial charge on any atom is 0.312 e. The Bertz CT molecular complexity index is 720. The SMILES string of the molecule is Cl.N=c1oc(-c2ccccc2)nn1Cc1ccccc1. The van der Waals surface area contributed by atoms with E-state index in [2.05, 4.69) is 5.10 Å². The number of aromatic nitrogens is 2. The van der Waals surface area contributed by atoms with Crippen molar-refractivity contribution in [3.8, 4) is 11.5 Å². The van der Waals surface area contributed by atoms with E-state index < -0.39 is 0 Å². The summed E-state index contributed by atoms with van der Waals surface area (Å²) in [7, 11) is 0. The first-order valence-electron chi connectivity index (χ1n) is 6.05. The highest BCUT2D eigenvalue weighted by molar-refractivity contribution is 5.85. The molecule has 5 heteroatoms. The second-order valence-electron chi connectivity index (χ2n) is 4.22. The molecule has 3 aromatic rings. The smallest absolute Gasteiger partial charge is 0.312 e. The minimum atomic E-state index is 0. The fraction of sp³-hybridized carbons (Fsp3) is 0.0667. The summed E-state index contributed by atoms with van der Waals surface area (Å²) >= 11 is 0. The maximum atomic E-state index is 7.82. The fourth-order valence-corrected chi connectivity index (χ4v) is 1.88. The summed E-state index contributed by atoms with van der Waals surface area (Å²) in [5.41, 5.74) is 2.03. The second kappa shape index (κ2) is 6.21. The second-order valence-corrected chi connectivity index (χ2v) is 4.22. The molecule has 2 aromatic carbocycles. The van der Waals surface area contributed by atoms with Gasteiger partial charge in [-0.15, -0.1) is 17.5 Å². The molecule has 0 spiro atoms. The Balaban J connectivity index is 0.00000147. The normalized spacial score (nSPS) is 10.0. The molecule has 4 nitrogen and oxygen atoms in total. The zero-order chi connectivity index (χ0) is 13.1. The maximum absolute atomic E-state index is 7.82. The average molecular weight is 288 g/mol. The Kier molecular flexibility index (Phi) is 4.38. The molecule has 0 aliphatic heterocycles. The zero-order valence-electron chi connectivity index (χ0n) is 10.7. The van der Waals surface area contributed by atoms with Crippen molar-refractivity contribution in [2.24, 2.45) is 0 Å². The highest BCUT2D eigenvalue weighted by atomic mass is 35.5. The highest BCUT2D eigenvalue weighted by Gasteiger charge is 2.07. The van der Waals surface area contributed by atoms with Crippen LogP contribution in [0.2, 0.25) is 0 Å². The van der Waals surface area contributed by atoms with Crippen LogP contribution < -0.4 is 5.68 Å². The van der Waals surface area contributed by atoms with E-state index in [0.717, 1.165) is 11.1 Å². The summed E-state index contributed by atoms with van der Waals surface area (Å²) < 4.78 is 6.94. The molecule has 0 fully saturated rings. The van der Waals surface area contributed by atoms with Crippen LogP contribution in [-0.2, 0) is 6.54 Å². The first-order valence-corrected chi connectivity index (χ1v) is 6.05. The van der Waals surface area contributed by atoms with E-state index in [4.69, 9.17) is 9.83 Å². The lowest BCUT2D eigenvalue weighted by Crippen LogP contribution is -2.16. The van der Waals surface area contributed by atoms with E-state index in [0.29, 0.717) is 12.4 Å². The Morgan fingerprint density at radius 3 is 2.20 bits per heavy atom. The van der Waals surface area contributed by atoms with Crippen molar-refractivity contribution in [3.05, 3.63) is 71.9 Å². The van der Waals surface area contributed by atoms with Gasteiger partial charge in [0.15, 0.2) is 0 Å². The first kappa shape index (κ1) is 14.1. The molecule has 0 aliphatic rings. The van der Waals surface area contributed by atoms with Crippen molar-refractivity contribution in [1.82, 2.24) is 9.78 Å². The van der Waals surface area contributed by atoms with Gasteiger partial charge < -0.3 is 4.42 Å². The largest absolute Gasteiger partial charge is 0.404 e. The van der Waals surface area contributed by atoms with Crippen molar-refractivity contribution in [2.75, 3.05) is 0 Å². The van der Waals surface area contributed by atoms with E-state index in [1.807, 2.05) is 60.7 Å². The Morgan fingerprint density at radius 1 is 0.950 bits per heavy atom. The van der Waals surface area contributed by atoms with Crippen molar-refractivity contribution in [2.45, 2.75) is 6.54 Å². The Labute approximate surface area is 122 Å². The van der Waals surface area contributed by atoms with Crippen LogP contribution in [0.5, 0.6) is 0 Å². The van der Waals surface area contributed by atoms with E-state index in [9.17, 15) is 0 Å². The lowest BCUT2D eigenvalue weighted by Gasteiger charge is -1.98. The summed E-state index contributed by atoms with van der Waals surface area (Å²) in [6, 6.07) is 19.5. The fourth-order valence-electron chi connectivity index (χ4n) is 1.88. The standard InChI is InChI=1S/C15H13N3O.ClH/c16-15-18(11-12-7-3-1-4-8-12)17-14(19-15)13-9-5-2-6-10-13;/h1-10,16H,11H2;1H. The van der Waals surface area contributed by atoms with Crippen LogP contribution in [0.1, 0.15) is 5.56 Å². The van der Waals surface area contributed by atoms with Crippen LogP contribution in [0, 0.1) is 5.41 Å². The third-order valence-corrected chi connectivity index (χ3v) is 2.84. The molecule has 1 N–H and O–H groups in total. The predicted molar refractivity (Wildman–Crippen MR) is 78.6 cm³/mol. The molecule has 0 amide bonds. The van der Waals surface area contributed by atoms with Gasteiger partial charge in [0.2, 0.25) is 5.89 Å². The monoisotopic (exact) mass is 287 g/mol. The van der Waals surface area contributed by atoms with Crippen molar-refractivity contribution >= 4 is 12.4 Å². The van der Waals surface area contributed by atoms with E-state index in [1.165, 1.54) is 0 Å². The molecule has 0 saturated carbocycles. The van der Waals surface area contributed by atoms with E-state index in [-0.39, 0.29) is 18.1 Å². The summed E-state index contributed by atoms with van der Waals surface area (Å²) in [4.78, 5) is 0. The average Bonchev–Trinajstić information content (AvgIpc) is 2.82. The van der Waals surface area contributed by atoms with Crippen LogP contribution in [0.4, 0.5) is 0 Å². The Hall–Kier alpha value is -2.33. The van der Waals surface area contributed by atoms with Crippen LogP contribution in [0.15, 0.2) is 65.1 Å². The van der Waals surface area contributed by atoms with Gasteiger partial charge in [0.05, 0.1) is 6.54 Å². The van der Waals surface area contributed by atoms with E-state index in [1.54, 1.807) is 4.68 Å². The summed E-state index contributed by atoms with van der Waals surface area (Å²) in [6.07, 6.45) is 0. The molecule has 0 atom stereocenters. The molecular weight excluding hydrogens is 274 g/mol. The quantitative estimate of drug-likeness (QED) is 0.805. The molecule has 0 aliphatic carbocycles.